The molecule has 0 aliphatic heterocycles. The SMILES string of the molecule is COCc1ccc(C(=O)N(C)CCC(=O)OC)cc1. The second-order valence-electron chi connectivity index (χ2n) is 4.18. The van der Waals surface area contributed by atoms with Crippen LogP contribution >= 0.6 is 0 Å². The van der Waals surface area contributed by atoms with Gasteiger partial charge in [-0.25, -0.2) is 0 Å². The summed E-state index contributed by atoms with van der Waals surface area (Å²) in [6.45, 7) is 0.859. The zero-order chi connectivity index (χ0) is 14.3. The molecule has 0 N–H and O–H groups in total. The third-order valence-electron chi connectivity index (χ3n) is 2.74. The average Bonchev–Trinajstić information content (AvgIpc) is 2.44. The van der Waals surface area contributed by atoms with Crippen molar-refractivity contribution in [3.63, 3.8) is 0 Å². The highest BCUT2D eigenvalue weighted by Crippen LogP contribution is 2.08. The summed E-state index contributed by atoms with van der Waals surface area (Å²) in [5.74, 6) is -0.442. The van der Waals surface area contributed by atoms with Crippen LogP contribution in [-0.2, 0) is 20.9 Å². The Balaban J connectivity index is 2.58. The molecule has 0 heterocycles. The summed E-state index contributed by atoms with van der Waals surface area (Å²) >= 11 is 0. The predicted molar refractivity (Wildman–Crippen MR) is 70.7 cm³/mol. The molecule has 0 saturated heterocycles. The number of benzene rings is 1. The lowest BCUT2D eigenvalue weighted by molar-refractivity contribution is -0.140. The highest BCUT2D eigenvalue weighted by atomic mass is 16.5. The van der Waals surface area contributed by atoms with Crippen LogP contribution in [0.15, 0.2) is 24.3 Å². The first-order valence-electron chi connectivity index (χ1n) is 5.98. The van der Waals surface area contributed by atoms with E-state index < -0.39 is 0 Å². The fraction of sp³-hybridized carbons (Fsp3) is 0.429. The van der Waals surface area contributed by atoms with Crippen molar-refractivity contribution in [3.8, 4) is 0 Å². The maximum Gasteiger partial charge on any atom is 0.307 e. The van der Waals surface area contributed by atoms with Gasteiger partial charge in [-0.1, -0.05) is 12.1 Å². The first-order chi connectivity index (χ1) is 9.08. The number of esters is 1. The number of nitrogens with zero attached hydrogens (tertiary/aromatic N) is 1. The molecule has 0 unspecified atom stereocenters. The van der Waals surface area contributed by atoms with Crippen molar-refractivity contribution in [2.45, 2.75) is 13.0 Å². The van der Waals surface area contributed by atoms with Crippen LogP contribution in [0.2, 0.25) is 0 Å². The van der Waals surface area contributed by atoms with E-state index in [4.69, 9.17) is 4.74 Å². The number of ether oxygens (including phenoxy) is 2. The van der Waals surface area contributed by atoms with Gasteiger partial charge in [0.2, 0.25) is 0 Å². The molecule has 0 bridgehead atoms. The second-order valence-corrected chi connectivity index (χ2v) is 4.18. The Hall–Kier alpha value is -1.88. The van der Waals surface area contributed by atoms with E-state index in [0.29, 0.717) is 18.7 Å². The molecule has 0 saturated carbocycles. The Morgan fingerprint density at radius 3 is 2.32 bits per heavy atom. The summed E-state index contributed by atoms with van der Waals surface area (Å²) in [6, 6.07) is 7.21. The molecule has 1 rings (SSSR count). The van der Waals surface area contributed by atoms with Gasteiger partial charge in [-0.2, -0.15) is 0 Å². The van der Waals surface area contributed by atoms with Gasteiger partial charge < -0.3 is 14.4 Å². The summed E-state index contributed by atoms with van der Waals surface area (Å²) in [5, 5.41) is 0. The molecule has 0 aliphatic rings. The molecule has 104 valence electrons. The van der Waals surface area contributed by atoms with Gasteiger partial charge >= 0.3 is 5.97 Å². The highest BCUT2D eigenvalue weighted by molar-refractivity contribution is 5.94. The minimum Gasteiger partial charge on any atom is -0.469 e. The average molecular weight is 265 g/mol. The standard InChI is InChI=1S/C14H19NO4/c1-15(9-8-13(16)19-3)14(17)12-6-4-11(5-7-12)10-18-2/h4-7H,8-10H2,1-3H3. The molecule has 0 aliphatic carbocycles. The fourth-order valence-electron chi connectivity index (χ4n) is 1.59. The van der Waals surface area contributed by atoms with E-state index in [1.165, 1.54) is 12.0 Å². The van der Waals surface area contributed by atoms with Crippen molar-refractivity contribution in [2.24, 2.45) is 0 Å². The summed E-state index contributed by atoms with van der Waals surface area (Å²) in [5.41, 5.74) is 1.60. The molecule has 0 spiro atoms. The van der Waals surface area contributed by atoms with Gasteiger partial charge in [0.25, 0.3) is 5.91 Å². The predicted octanol–water partition coefficient (Wildman–Crippen LogP) is 1.47. The molecular formula is C14H19NO4. The van der Waals surface area contributed by atoms with E-state index in [1.54, 1.807) is 26.3 Å². The Labute approximate surface area is 113 Å². The minimum absolute atomic E-state index is 0.118. The smallest absolute Gasteiger partial charge is 0.307 e. The van der Waals surface area contributed by atoms with Gasteiger partial charge in [0.15, 0.2) is 0 Å². The monoisotopic (exact) mass is 265 g/mol. The van der Waals surface area contributed by atoms with Gasteiger partial charge in [0, 0.05) is 26.3 Å². The Bertz CT molecular complexity index is 428. The molecular weight excluding hydrogens is 246 g/mol. The number of hydrogen-bond donors (Lipinski definition) is 0. The van der Waals surface area contributed by atoms with Crippen LogP contribution in [-0.4, -0.2) is 44.6 Å². The molecule has 0 fully saturated rings. The van der Waals surface area contributed by atoms with E-state index in [9.17, 15) is 9.59 Å². The Kier molecular flexibility index (Phi) is 6.02. The third-order valence-corrected chi connectivity index (χ3v) is 2.74. The van der Waals surface area contributed by atoms with E-state index in [2.05, 4.69) is 4.74 Å². The lowest BCUT2D eigenvalue weighted by atomic mass is 10.1. The van der Waals surface area contributed by atoms with Crippen molar-refractivity contribution in [1.29, 1.82) is 0 Å². The molecule has 0 radical (unpaired) electrons. The molecule has 5 nitrogen and oxygen atoms in total. The zero-order valence-electron chi connectivity index (χ0n) is 11.5. The highest BCUT2D eigenvalue weighted by Gasteiger charge is 2.13. The molecule has 0 aromatic heterocycles. The van der Waals surface area contributed by atoms with Crippen LogP contribution in [0, 0.1) is 0 Å². The molecule has 1 amide bonds. The number of rotatable bonds is 6. The quantitative estimate of drug-likeness (QED) is 0.731. The number of hydrogen-bond acceptors (Lipinski definition) is 4. The third kappa shape index (κ3) is 4.71. The van der Waals surface area contributed by atoms with Crippen LogP contribution in [0.5, 0.6) is 0 Å². The van der Waals surface area contributed by atoms with Gasteiger partial charge in [0.05, 0.1) is 20.1 Å². The van der Waals surface area contributed by atoms with E-state index >= 15 is 0 Å². The first kappa shape index (κ1) is 15.2. The molecule has 0 atom stereocenters. The van der Waals surface area contributed by atoms with Crippen molar-refractivity contribution >= 4 is 11.9 Å². The zero-order valence-corrected chi connectivity index (χ0v) is 11.5. The number of amides is 1. The lowest BCUT2D eigenvalue weighted by Crippen LogP contribution is -2.29. The van der Waals surface area contributed by atoms with Gasteiger partial charge in [-0.3, -0.25) is 9.59 Å². The largest absolute Gasteiger partial charge is 0.469 e. The molecule has 19 heavy (non-hydrogen) atoms. The number of carbonyl (C=O) groups excluding carboxylic acids is 2. The Morgan fingerprint density at radius 1 is 1.16 bits per heavy atom. The van der Waals surface area contributed by atoms with Crippen LogP contribution in [0.3, 0.4) is 0 Å². The van der Waals surface area contributed by atoms with Gasteiger partial charge in [-0.05, 0) is 17.7 Å². The van der Waals surface area contributed by atoms with Crippen molar-refractivity contribution in [2.75, 3.05) is 27.8 Å². The normalized spacial score (nSPS) is 10.1. The second kappa shape index (κ2) is 7.53. The van der Waals surface area contributed by atoms with Crippen LogP contribution in [0.1, 0.15) is 22.3 Å². The molecule has 5 heteroatoms. The maximum absolute atomic E-state index is 12.1. The van der Waals surface area contributed by atoms with Crippen LogP contribution in [0.4, 0.5) is 0 Å². The van der Waals surface area contributed by atoms with Crippen LogP contribution in [0.25, 0.3) is 0 Å². The summed E-state index contributed by atoms with van der Waals surface area (Å²) in [7, 11) is 4.62. The minimum atomic E-state index is -0.324. The summed E-state index contributed by atoms with van der Waals surface area (Å²) in [6.07, 6.45) is 0.195. The Morgan fingerprint density at radius 2 is 1.79 bits per heavy atom. The van der Waals surface area contributed by atoms with Crippen molar-refractivity contribution in [1.82, 2.24) is 4.90 Å². The van der Waals surface area contributed by atoms with Crippen molar-refractivity contribution in [3.05, 3.63) is 35.4 Å². The van der Waals surface area contributed by atoms with Gasteiger partial charge in [-0.15, -0.1) is 0 Å². The first-order valence-corrected chi connectivity index (χ1v) is 5.98. The number of methoxy groups -OCH3 is 2. The van der Waals surface area contributed by atoms with Gasteiger partial charge in [0.1, 0.15) is 0 Å². The van der Waals surface area contributed by atoms with E-state index in [1.807, 2.05) is 12.1 Å². The van der Waals surface area contributed by atoms with E-state index in [0.717, 1.165) is 5.56 Å². The van der Waals surface area contributed by atoms with Crippen LogP contribution < -0.4 is 0 Å². The fourth-order valence-corrected chi connectivity index (χ4v) is 1.59. The number of carbonyl (C=O) groups is 2. The molecule has 1 aromatic carbocycles. The van der Waals surface area contributed by atoms with Crippen molar-refractivity contribution < 1.29 is 19.1 Å². The topological polar surface area (TPSA) is 55.8 Å². The summed E-state index contributed by atoms with van der Waals surface area (Å²) in [4.78, 5) is 24.6. The lowest BCUT2D eigenvalue weighted by Gasteiger charge is -2.16. The van der Waals surface area contributed by atoms with E-state index in [-0.39, 0.29) is 18.3 Å². The summed E-state index contributed by atoms with van der Waals surface area (Å²) < 4.78 is 9.54. The maximum atomic E-state index is 12.1. The molecule has 1 aromatic rings.